The summed E-state index contributed by atoms with van der Waals surface area (Å²) in [4.78, 5) is 15.7. The van der Waals surface area contributed by atoms with Crippen LogP contribution in [0.15, 0.2) is 4.99 Å². The fourth-order valence-corrected chi connectivity index (χ4v) is 2.16. The summed E-state index contributed by atoms with van der Waals surface area (Å²) in [6.45, 7) is 8.87. The van der Waals surface area contributed by atoms with Crippen molar-refractivity contribution in [2.45, 2.75) is 45.6 Å². The van der Waals surface area contributed by atoms with Gasteiger partial charge >= 0.3 is 0 Å². The fraction of sp³-hybridized carbons (Fsp3) is 0.875. The van der Waals surface area contributed by atoms with Crippen LogP contribution in [0.25, 0.3) is 0 Å². The quantitative estimate of drug-likeness (QED) is 0.295. The molecule has 0 bridgehead atoms. The molecule has 7 heteroatoms. The van der Waals surface area contributed by atoms with Gasteiger partial charge in [0.2, 0.25) is 5.91 Å². The first-order valence-electron chi connectivity index (χ1n) is 8.73. The van der Waals surface area contributed by atoms with Crippen LogP contribution in [0.1, 0.15) is 39.5 Å². The Morgan fingerprint density at radius 1 is 1.26 bits per heavy atom. The lowest BCUT2D eigenvalue weighted by atomic mass is 10.1. The smallest absolute Gasteiger partial charge is 0.220 e. The highest BCUT2D eigenvalue weighted by Crippen LogP contribution is 2.02. The van der Waals surface area contributed by atoms with Crippen molar-refractivity contribution in [3.8, 4) is 0 Å². The SMILES string of the molecule is CCCCOCCOCCN=C(NCC)NC1CCC(=O)NC1. The van der Waals surface area contributed by atoms with Crippen molar-refractivity contribution in [3.05, 3.63) is 0 Å². The van der Waals surface area contributed by atoms with Gasteiger partial charge in [-0.3, -0.25) is 9.79 Å². The lowest BCUT2D eigenvalue weighted by molar-refractivity contribution is -0.122. The van der Waals surface area contributed by atoms with E-state index in [0.29, 0.717) is 39.3 Å². The number of piperidine rings is 1. The topological polar surface area (TPSA) is 84.0 Å². The van der Waals surface area contributed by atoms with E-state index in [4.69, 9.17) is 9.47 Å². The fourth-order valence-electron chi connectivity index (χ4n) is 2.16. The predicted octanol–water partition coefficient (Wildman–Crippen LogP) is 0.653. The molecule has 0 aromatic heterocycles. The highest BCUT2D eigenvalue weighted by atomic mass is 16.5. The normalized spacial score (nSPS) is 18.6. The number of guanidine groups is 1. The minimum Gasteiger partial charge on any atom is -0.379 e. The first-order chi connectivity index (χ1) is 11.3. The van der Waals surface area contributed by atoms with Gasteiger partial charge < -0.3 is 25.4 Å². The Balaban J connectivity index is 2.12. The average molecular weight is 328 g/mol. The second kappa shape index (κ2) is 13.1. The summed E-state index contributed by atoms with van der Waals surface area (Å²) in [6, 6.07) is 0.235. The van der Waals surface area contributed by atoms with E-state index < -0.39 is 0 Å². The van der Waals surface area contributed by atoms with Crippen molar-refractivity contribution < 1.29 is 14.3 Å². The molecule has 0 spiro atoms. The van der Waals surface area contributed by atoms with Crippen molar-refractivity contribution in [1.29, 1.82) is 0 Å². The number of hydrogen-bond acceptors (Lipinski definition) is 4. The third-order valence-corrected chi connectivity index (χ3v) is 3.47. The summed E-state index contributed by atoms with van der Waals surface area (Å²) in [5, 5.41) is 9.42. The van der Waals surface area contributed by atoms with Gasteiger partial charge in [-0.25, -0.2) is 0 Å². The van der Waals surface area contributed by atoms with Crippen LogP contribution in [0.3, 0.4) is 0 Å². The Morgan fingerprint density at radius 2 is 2.04 bits per heavy atom. The Labute approximate surface area is 139 Å². The third kappa shape index (κ3) is 10.1. The molecule has 0 saturated carbocycles. The highest BCUT2D eigenvalue weighted by Gasteiger charge is 2.18. The first kappa shape index (κ1) is 19.7. The van der Waals surface area contributed by atoms with Crippen LogP contribution < -0.4 is 16.0 Å². The van der Waals surface area contributed by atoms with E-state index in [9.17, 15) is 4.79 Å². The van der Waals surface area contributed by atoms with Gasteiger partial charge in [0.1, 0.15) is 0 Å². The number of aliphatic imine (C=N–C) groups is 1. The number of ether oxygens (including phenoxy) is 2. The zero-order valence-corrected chi connectivity index (χ0v) is 14.5. The van der Waals surface area contributed by atoms with E-state index in [0.717, 1.165) is 38.4 Å². The maximum atomic E-state index is 11.2. The number of carbonyl (C=O) groups excluding carboxylic acids is 1. The van der Waals surface area contributed by atoms with Crippen LogP contribution in [0, 0.1) is 0 Å². The summed E-state index contributed by atoms with van der Waals surface area (Å²) >= 11 is 0. The van der Waals surface area contributed by atoms with Crippen molar-refractivity contribution in [2.24, 2.45) is 4.99 Å². The van der Waals surface area contributed by atoms with Crippen molar-refractivity contribution >= 4 is 11.9 Å². The van der Waals surface area contributed by atoms with E-state index in [1.165, 1.54) is 0 Å². The van der Waals surface area contributed by atoms with Gasteiger partial charge in [0, 0.05) is 32.2 Å². The molecule has 0 aromatic carbocycles. The molecule has 1 amide bonds. The zero-order chi connectivity index (χ0) is 16.8. The lowest BCUT2D eigenvalue weighted by Crippen LogP contribution is -2.51. The van der Waals surface area contributed by atoms with Gasteiger partial charge in [0.15, 0.2) is 5.96 Å². The van der Waals surface area contributed by atoms with Gasteiger partial charge in [0.25, 0.3) is 0 Å². The Morgan fingerprint density at radius 3 is 2.70 bits per heavy atom. The number of nitrogens with zero attached hydrogens (tertiary/aromatic N) is 1. The molecule has 1 fully saturated rings. The summed E-state index contributed by atoms with van der Waals surface area (Å²) in [6.07, 6.45) is 3.66. The van der Waals surface area contributed by atoms with Crippen molar-refractivity contribution in [2.75, 3.05) is 46.1 Å². The molecule has 1 aliphatic rings. The molecule has 7 nitrogen and oxygen atoms in total. The molecule has 0 aliphatic carbocycles. The van der Waals surface area contributed by atoms with Crippen LogP contribution in [-0.2, 0) is 14.3 Å². The molecule has 134 valence electrons. The minimum atomic E-state index is 0.125. The van der Waals surface area contributed by atoms with E-state index in [1.807, 2.05) is 6.92 Å². The summed E-state index contributed by atoms with van der Waals surface area (Å²) in [5.41, 5.74) is 0. The Kier molecular flexibility index (Phi) is 11.3. The van der Waals surface area contributed by atoms with Crippen molar-refractivity contribution in [1.82, 2.24) is 16.0 Å². The summed E-state index contributed by atoms with van der Waals surface area (Å²) in [7, 11) is 0. The monoisotopic (exact) mass is 328 g/mol. The van der Waals surface area contributed by atoms with E-state index >= 15 is 0 Å². The summed E-state index contributed by atoms with van der Waals surface area (Å²) < 4.78 is 10.9. The van der Waals surface area contributed by atoms with E-state index in [-0.39, 0.29) is 11.9 Å². The molecule has 3 N–H and O–H groups in total. The number of carbonyl (C=O) groups is 1. The number of hydrogen-bond donors (Lipinski definition) is 3. The lowest BCUT2D eigenvalue weighted by Gasteiger charge is -2.25. The number of unbranched alkanes of at least 4 members (excludes halogenated alkanes) is 1. The van der Waals surface area contributed by atoms with Crippen LogP contribution >= 0.6 is 0 Å². The molecule has 1 saturated heterocycles. The molecule has 1 unspecified atom stereocenters. The molecule has 23 heavy (non-hydrogen) atoms. The number of rotatable bonds is 11. The second-order valence-electron chi connectivity index (χ2n) is 5.52. The first-order valence-corrected chi connectivity index (χ1v) is 8.73. The van der Waals surface area contributed by atoms with Gasteiger partial charge in [-0.05, 0) is 19.8 Å². The van der Waals surface area contributed by atoms with Crippen LogP contribution in [0.2, 0.25) is 0 Å². The highest BCUT2D eigenvalue weighted by molar-refractivity contribution is 5.81. The molecule has 1 aliphatic heterocycles. The van der Waals surface area contributed by atoms with Crippen LogP contribution in [-0.4, -0.2) is 64.0 Å². The Hall–Kier alpha value is -1.34. The zero-order valence-electron chi connectivity index (χ0n) is 14.5. The molecular formula is C16H32N4O3. The molecule has 0 aromatic rings. The predicted molar refractivity (Wildman–Crippen MR) is 91.7 cm³/mol. The second-order valence-corrected chi connectivity index (χ2v) is 5.52. The molecule has 1 atom stereocenters. The molecular weight excluding hydrogens is 296 g/mol. The van der Waals surface area contributed by atoms with Gasteiger partial charge in [-0.2, -0.15) is 0 Å². The van der Waals surface area contributed by atoms with Gasteiger partial charge in [0.05, 0.1) is 26.4 Å². The molecule has 0 radical (unpaired) electrons. The van der Waals surface area contributed by atoms with E-state index in [1.54, 1.807) is 0 Å². The van der Waals surface area contributed by atoms with Gasteiger partial charge in [-0.1, -0.05) is 13.3 Å². The van der Waals surface area contributed by atoms with Crippen LogP contribution in [0.5, 0.6) is 0 Å². The standard InChI is InChI=1S/C16H32N4O3/c1-3-5-9-22-11-12-23-10-8-18-16(17-4-2)20-14-6-7-15(21)19-13-14/h14H,3-13H2,1-2H3,(H,19,21)(H2,17,18,20). The third-order valence-electron chi connectivity index (χ3n) is 3.47. The maximum Gasteiger partial charge on any atom is 0.220 e. The summed E-state index contributed by atoms with van der Waals surface area (Å²) in [5.74, 6) is 0.899. The Bertz CT molecular complexity index is 340. The van der Waals surface area contributed by atoms with Crippen LogP contribution in [0.4, 0.5) is 0 Å². The number of amides is 1. The molecule has 1 heterocycles. The van der Waals surface area contributed by atoms with E-state index in [2.05, 4.69) is 27.9 Å². The average Bonchev–Trinajstić information content (AvgIpc) is 2.55. The molecule has 1 rings (SSSR count). The van der Waals surface area contributed by atoms with Crippen molar-refractivity contribution in [3.63, 3.8) is 0 Å². The minimum absolute atomic E-state index is 0.125. The maximum absolute atomic E-state index is 11.2. The number of nitrogens with one attached hydrogen (secondary N) is 3. The largest absolute Gasteiger partial charge is 0.379 e. The van der Waals surface area contributed by atoms with Gasteiger partial charge in [-0.15, -0.1) is 0 Å².